The first-order valence-corrected chi connectivity index (χ1v) is 22.3. The molecule has 0 radical (unpaired) electrons. The van der Waals surface area contributed by atoms with Gasteiger partial charge in [0.15, 0.2) is 6.10 Å². The summed E-state index contributed by atoms with van der Waals surface area (Å²) in [6.07, 6.45) is 15.8. The maximum absolute atomic E-state index is 12.7. The molecule has 1 aliphatic carbocycles. The molecule has 53 heavy (non-hydrogen) atoms. The zero-order valence-corrected chi connectivity index (χ0v) is 33.7. The molecule has 6 N–H and O–H groups in total. The Bertz CT molecular complexity index is 954. The quantitative estimate of drug-likeness (QED) is 0.0222. The number of unbranched alkanes of at least 4 members (excludes halogenated alkanes) is 22. The number of hydrogen-bond donors (Lipinski definition) is 6. The Hall–Kier alpha value is -1.15. The number of phosphoric ester groups is 1. The van der Waals surface area contributed by atoms with Gasteiger partial charge in [0.1, 0.15) is 43.2 Å². The highest BCUT2D eigenvalue weighted by atomic mass is 31.2. The molecule has 1 aliphatic rings. The zero-order chi connectivity index (χ0) is 39.3. The van der Waals surface area contributed by atoms with E-state index in [2.05, 4.69) is 6.92 Å². The first-order chi connectivity index (χ1) is 25.4. The number of ether oxygens (including phenoxy) is 2. The van der Waals surface area contributed by atoms with Crippen LogP contribution in [0.3, 0.4) is 0 Å². The minimum absolute atomic E-state index is 0.103. The van der Waals surface area contributed by atoms with Crippen molar-refractivity contribution in [2.45, 2.75) is 224 Å². The second-order valence-corrected chi connectivity index (χ2v) is 16.3. The molecule has 6 atom stereocenters. The third-order valence-electron chi connectivity index (χ3n) is 9.95. The minimum atomic E-state index is -5.09. The molecule has 0 aromatic carbocycles. The molecule has 0 bridgehead atoms. The van der Waals surface area contributed by atoms with Crippen molar-refractivity contribution < 1.29 is 63.1 Å². The Labute approximate surface area is 319 Å². The molecule has 6 unspecified atom stereocenters. The standard InChI is InChI=1S/C39H75O13P/c1-3-5-7-8-9-10-11-12-13-14-15-16-17-18-19-20-21-22-23-24-26-28-33(41)51-31(29-49-32(40)27-25-6-4-2)30-50-53(47,48)52-39-37(45)35(43)34(42)36(44)38(39)46/h31,34-39,42-46H,3-30H2,1-2H3,(H,47,48). The van der Waals surface area contributed by atoms with Crippen LogP contribution in [0, 0.1) is 0 Å². The third-order valence-corrected chi connectivity index (χ3v) is 10.9. The molecule has 13 nitrogen and oxygen atoms in total. The smallest absolute Gasteiger partial charge is 0.462 e. The Morgan fingerprint density at radius 3 is 1.28 bits per heavy atom. The average molecular weight is 783 g/mol. The number of hydrogen-bond acceptors (Lipinski definition) is 12. The van der Waals surface area contributed by atoms with Crippen molar-refractivity contribution in [1.82, 2.24) is 0 Å². The molecule has 0 aromatic heterocycles. The first kappa shape index (κ1) is 49.9. The number of phosphoric acid groups is 1. The Morgan fingerprint density at radius 1 is 0.509 bits per heavy atom. The molecule has 14 heteroatoms. The number of esters is 2. The van der Waals surface area contributed by atoms with Crippen LogP contribution < -0.4 is 0 Å². The van der Waals surface area contributed by atoms with Gasteiger partial charge >= 0.3 is 19.8 Å². The highest BCUT2D eigenvalue weighted by Gasteiger charge is 2.51. The second-order valence-electron chi connectivity index (χ2n) is 14.9. The summed E-state index contributed by atoms with van der Waals surface area (Å²) in [4.78, 5) is 35.0. The summed E-state index contributed by atoms with van der Waals surface area (Å²) in [6.45, 7) is 3.09. The highest BCUT2D eigenvalue weighted by Crippen LogP contribution is 2.47. The van der Waals surface area contributed by atoms with Crippen LogP contribution in [0.2, 0.25) is 0 Å². The predicted octanol–water partition coefficient (Wildman–Crippen LogP) is 6.94. The lowest BCUT2D eigenvalue weighted by Gasteiger charge is -2.41. The van der Waals surface area contributed by atoms with Gasteiger partial charge in [0.05, 0.1) is 6.61 Å². The van der Waals surface area contributed by atoms with Crippen molar-refractivity contribution in [2.24, 2.45) is 0 Å². The topological polar surface area (TPSA) is 210 Å². The normalized spacial score (nSPS) is 23.4. The molecule has 0 saturated heterocycles. The molecule has 0 amide bonds. The lowest BCUT2D eigenvalue weighted by atomic mass is 9.85. The van der Waals surface area contributed by atoms with Gasteiger partial charge in [0.25, 0.3) is 0 Å². The summed E-state index contributed by atoms with van der Waals surface area (Å²) in [5.74, 6) is -1.12. The number of carbonyl (C=O) groups is 2. The molecule has 0 heterocycles. The fraction of sp³-hybridized carbons (Fsp3) is 0.949. The molecule has 0 spiro atoms. The molecule has 1 rings (SSSR count). The van der Waals surface area contributed by atoms with Gasteiger partial charge in [-0.25, -0.2) is 4.57 Å². The number of carbonyl (C=O) groups excluding carboxylic acids is 2. The summed E-state index contributed by atoms with van der Waals surface area (Å²) in [7, 11) is -5.09. The predicted molar refractivity (Wildman–Crippen MR) is 203 cm³/mol. The van der Waals surface area contributed by atoms with Crippen LogP contribution in [0.4, 0.5) is 0 Å². The van der Waals surface area contributed by atoms with E-state index in [0.29, 0.717) is 12.8 Å². The van der Waals surface area contributed by atoms with Gasteiger partial charge in [-0.1, -0.05) is 155 Å². The number of aliphatic hydroxyl groups excluding tert-OH is 5. The van der Waals surface area contributed by atoms with Crippen molar-refractivity contribution in [1.29, 1.82) is 0 Å². The van der Waals surface area contributed by atoms with E-state index in [4.69, 9.17) is 18.5 Å². The van der Waals surface area contributed by atoms with E-state index in [1.165, 1.54) is 109 Å². The van der Waals surface area contributed by atoms with Gasteiger partial charge in [0.2, 0.25) is 0 Å². The Balaban J connectivity index is 2.28. The lowest BCUT2D eigenvalue weighted by Crippen LogP contribution is -2.64. The van der Waals surface area contributed by atoms with Crippen LogP contribution in [0.5, 0.6) is 0 Å². The maximum Gasteiger partial charge on any atom is 0.472 e. The van der Waals surface area contributed by atoms with E-state index in [9.17, 15) is 44.6 Å². The Morgan fingerprint density at radius 2 is 0.849 bits per heavy atom. The summed E-state index contributed by atoms with van der Waals surface area (Å²) in [5.41, 5.74) is 0. The SMILES string of the molecule is CCCCCCCCCCCCCCCCCCCCCCCC(=O)OC(COC(=O)CCCCC)COP(=O)(O)OC1C(O)C(O)C(O)C(O)C1O. The largest absolute Gasteiger partial charge is 0.472 e. The van der Waals surface area contributed by atoms with Gasteiger partial charge in [0, 0.05) is 12.8 Å². The molecule has 1 saturated carbocycles. The minimum Gasteiger partial charge on any atom is -0.462 e. The van der Waals surface area contributed by atoms with Crippen molar-refractivity contribution in [3.8, 4) is 0 Å². The van der Waals surface area contributed by atoms with Crippen LogP contribution in [-0.2, 0) is 32.7 Å². The number of rotatable bonds is 34. The van der Waals surface area contributed by atoms with E-state index in [-0.39, 0.29) is 12.8 Å². The molecular weight excluding hydrogens is 707 g/mol. The van der Waals surface area contributed by atoms with Gasteiger partial charge < -0.3 is 39.9 Å². The summed E-state index contributed by atoms with van der Waals surface area (Å²) in [6, 6.07) is 0. The zero-order valence-electron chi connectivity index (χ0n) is 32.8. The van der Waals surface area contributed by atoms with E-state index in [1.54, 1.807) is 0 Å². The lowest BCUT2D eigenvalue weighted by molar-refractivity contribution is -0.220. The van der Waals surface area contributed by atoms with E-state index >= 15 is 0 Å². The van der Waals surface area contributed by atoms with E-state index in [0.717, 1.165) is 32.1 Å². The Kier molecular flexibility index (Phi) is 29.2. The van der Waals surface area contributed by atoms with Crippen LogP contribution in [0.15, 0.2) is 0 Å². The van der Waals surface area contributed by atoms with Crippen molar-refractivity contribution in [3.05, 3.63) is 0 Å². The molecular formula is C39H75O13P. The van der Waals surface area contributed by atoms with E-state index in [1.807, 2.05) is 6.92 Å². The second kappa shape index (κ2) is 31.0. The van der Waals surface area contributed by atoms with Gasteiger partial charge in [-0.2, -0.15) is 0 Å². The fourth-order valence-corrected chi connectivity index (χ4v) is 7.50. The number of aliphatic hydroxyl groups is 5. The van der Waals surface area contributed by atoms with Gasteiger partial charge in [-0.05, 0) is 12.8 Å². The van der Waals surface area contributed by atoms with Crippen molar-refractivity contribution in [3.63, 3.8) is 0 Å². The van der Waals surface area contributed by atoms with Crippen molar-refractivity contribution >= 4 is 19.8 Å². The molecule has 1 fully saturated rings. The first-order valence-electron chi connectivity index (χ1n) is 20.8. The summed E-state index contributed by atoms with van der Waals surface area (Å²) < 4.78 is 33.0. The average Bonchev–Trinajstić information content (AvgIpc) is 3.13. The maximum atomic E-state index is 12.7. The van der Waals surface area contributed by atoms with Crippen LogP contribution in [0.1, 0.15) is 181 Å². The highest BCUT2D eigenvalue weighted by molar-refractivity contribution is 7.47. The van der Waals surface area contributed by atoms with Crippen molar-refractivity contribution in [2.75, 3.05) is 13.2 Å². The van der Waals surface area contributed by atoms with E-state index < -0.39 is 75.7 Å². The van der Waals surface area contributed by atoms with Gasteiger partial charge in [-0.15, -0.1) is 0 Å². The monoisotopic (exact) mass is 782 g/mol. The van der Waals surface area contributed by atoms with Crippen LogP contribution >= 0.6 is 7.82 Å². The third kappa shape index (κ3) is 24.2. The molecule has 0 aromatic rings. The van der Waals surface area contributed by atoms with Gasteiger partial charge in [-0.3, -0.25) is 18.6 Å². The molecule has 314 valence electrons. The fourth-order valence-electron chi connectivity index (χ4n) is 6.52. The molecule has 0 aliphatic heterocycles. The van der Waals surface area contributed by atoms with Crippen LogP contribution in [-0.4, -0.2) is 98.3 Å². The summed E-state index contributed by atoms with van der Waals surface area (Å²) in [5, 5.41) is 49.7. The summed E-state index contributed by atoms with van der Waals surface area (Å²) >= 11 is 0. The van der Waals surface area contributed by atoms with Crippen LogP contribution in [0.25, 0.3) is 0 Å².